The Morgan fingerprint density at radius 1 is 1.26 bits per heavy atom. The van der Waals surface area contributed by atoms with Crippen molar-refractivity contribution in [2.24, 2.45) is 5.92 Å². The number of hydrogen-bond donors (Lipinski definition) is 2. The van der Waals surface area contributed by atoms with Gasteiger partial charge in [-0.15, -0.1) is 0 Å². The standard InChI is InChI=1S/C23H29F2N5O4/c1-13(2)12-29-20-16(6-7-17(31)28-10-8-23(24,25)9-11-28)14(3)27-30(20)22(34)18(21(29)33)19(32)26-15-4-5-15/h6-7,13,15,34H,4-5,8-12H2,1-3H3,(H,26,32)/b7-6+. The highest BCUT2D eigenvalue weighted by atomic mass is 19.3. The molecule has 2 aliphatic rings. The van der Waals surface area contributed by atoms with Gasteiger partial charge in [-0.25, -0.2) is 8.78 Å². The van der Waals surface area contributed by atoms with E-state index in [4.69, 9.17) is 0 Å². The highest BCUT2D eigenvalue weighted by Crippen LogP contribution is 2.28. The average Bonchev–Trinajstić information content (AvgIpc) is 3.50. The van der Waals surface area contributed by atoms with Crippen molar-refractivity contribution < 1.29 is 23.5 Å². The number of aromatic nitrogens is 3. The normalized spacial score (nSPS) is 18.2. The van der Waals surface area contributed by atoms with Crippen molar-refractivity contribution in [1.29, 1.82) is 0 Å². The molecule has 2 fully saturated rings. The van der Waals surface area contributed by atoms with Gasteiger partial charge in [-0.05, 0) is 31.8 Å². The van der Waals surface area contributed by atoms with Crippen molar-refractivity contribution in [3.63, 3.8) is 0 Å². The zero-order chi connectivity index (χ0) is 24.8. The van der Waals surface area contributed by atoms with Crippen LogP contribution in [0.15, 0.2) is 10.9 Å². The van der Waals surface area contributed by atoms with Gasteiger partial charge in [0.05, 0.1) is 5.69 Å². The predicted molar refractivity (Wildman–Crippen MR) is 121 cm³/mol. The first-order valence-electron chi connectivity index (χ1n) is 11.5. The largest absolute Gasteiger partial charge is 0.492 e. The molecule has 184 valence electrons. The number of fused-ring (bicyclic) bond motifs is 1. The van der Waals surface area contributed by atoms with E-state index in [0.29, 0.717) is 11.3 Å². The summed E-state index contributed by atoms with van der Waals surface area (Å²) in [6.07, 6.45) is 3.64. The molecule has 2 amide bonds. The number of nitrogens with zero attached hydrogens (tertiary/aromatic N) is 4. The molecule has 1 saturated heterocycles. The Morgan fingerprint density at radius 3 is 2.50 bits per heavy atom. The number of alkyl halides is 2. The maximum atomic E-state index is 13.4. The lowest BCUT2D eigenvalue weighted by Crippen LogP contribution is -2.42. The number of hydrogen-bond acceptors (Lipinski definition) is 5. The molecular formula is C23H29F2N5O4. The summed E-state index contributed by atoms with van der Waals surface area (Å²) in [6.45, 7) is 5.66. The lowest BCUT2D eigenvalue weighted by molar-refractivity contribution is -0.132. The number of carbonyl (C=O) groups is 2. The second kappa shape index (κ2) is 8.84. The highest BCUT2D eigenvalue weighted by molar-refractivity contribution is 5.97. The van der Waals surface area contributed by atoms with E-state index in [9.17, 15) is 28.3 Å². The van der Waals surface area contributed by atoms with Crippen LogP contribution in [0.5, 0.6) is 5.88 Å². The van der Waals surface area contributed by atoms with Crippen LogP contribution >= 0.6 is 0 Å². The van der Waals surface area contributed by atoms with Gasteiger partial charge in [-0.2, -0.15) is 9.61 Å². The maximum Gasteiger partial charge on any atom is 0.270 e. The molecule has 11 heteroatoms. The van der Waals surface area contributed by atoms with Crippen molar-refractivity contribution in [1.82, 2.24) is 24.4 Å². The second-order valence-electron chi connectivity index (χ2n) is 9.51. The molecule has 1 saturated carbocycles. The number of piperidine rings is 1. The molecular weight excluding hydrogens is 448 g/mol. The Balaban J connectivity index is 1.75. The number of aryl methyl sites for hydroxylation is 1. The first kappa shape index (κ1) is 23.9. The van der Waals surface area contributed by atoms with Crippen LogP contribution in [0.4, 0.5) is 8.78 Å². The molecule has 0 radical (unpaired) electrons. The molecule has 0 aromatic carbocycles. The van der Waals surface area contributed by atoms with Gasteiger partial charge in [0, 0.05) is 50.2 Å². The van der Waals surface area contributed by atoms with E-state index in [1.807, 2.05) is 13.8 Å². The number of nitrogens with one attached hydrogen (secondary N) is 1. The number of carbonyl (C=O) groups excluding carboxylic acids is 2. The molecule has 0 spiro atoms. The Morgan fingerprint density at radius 2 is 1.91 bits per heavy atom. The van der Waals surface area contributed by atoms with E-state index < -0.39 is 29.2 Å². The summed E-state index contributed by atoms with van der Waals surface area (Å²) >= 11 is 0. The number of aromatic hydroxyl groups is 1. The zero-order valence-electron chi connectivity index (χ0n) is 19.5. The molecule has 3 heterocycles. The SMILES string of the molecule is Cc1nn2c(O)c(C(=O)NC3CC3)c(=O)n(CC(C)C)c2c1/C=C/C(=O)N1CCC(F)(F)CC1. The number of amides is 2. The van der Waals surface area contributed by atoms with Gasteiger partial charge in [-0.1, -0.05) is 13.8 Å². The third kappa shape index (κ3) is 4.69. The third-order valence-electron chi connectivity index (χ3n) is 6.11. The Hall–Kier alpha value is -3.24. The van der Waals surface area contributed by atoms with Crippen LogP contribution in [0.1, 0.15) is 61.1 Å². The van der Waals surface area contributed by atoms with Crippen molar-refractivity contribution in [3.8, 4) is 5.88 Å². The lowest BCUT2D eigenvalue weighted by atomic mass is 10.1. The van der Waals surface area contributed by atoms with E-state index in [0.717, 1.165) is 17.4 Å². The summed E-state index contributed by atoms with van der Waals surface area (Å²) in [7, 11) is 0. The first-order chi connectivity index (χ1) is 16.0. The van der Waals surface area contributed by atoms with E-state index in [-0.39, 0.29) is 55.6 Å². The van der Waals surface area contributed by atoms with Crippen LogP contribution in [0.3, 0.4) is 0 Å². The number of rotatable bonds is 6. The molecule has 1 aliphatic heterocycles. The molecule has 2 N–H and O–H groups in total. The zero-order valence-corrected chi connectivity index (χ0v) is 19.5. The van der Waals surface area contributed by atoms with E-state index in [1.54, 1.807) is 6.92 Å². The maximum absolute atomic E-state index is 13.4. The minimum absolute atomic E-state index is 0.000790. The second-order valence-corrected chi connectivity index (χ2v) is 9.51. The number of likely N-dealkylation sites (tertiary alicyclic amines) is 1. The van der Waals surface area contributed by atoms with E-state index in [2.05, 4.69) is 10.4 Å². The minimum Gasteiger partial charge on any atom is -0.492 e. The van der Waals surface area contributed by atoms with Gasteiger partial charge in [0.15, 0.2) is 5.56 Å². The van der Waals surface area contributed by atoms with Gasteiger partial charge < -0.3 is 15.3 Å². The minimum atomic E-state index is -2.76. The Bertz CT molecular complexity index is 1220. The summed E-state index contributed by atoms with van der Waals surface area (Å²) in [6, 6.07) is -0.000790. The topological polar surface area (TPSA) is 109 Å². The highest BCUT2D eigenvalue weighted by Gasteiger charge is 2.35. The molecule has 0 atom stereocenters. The van der Waals surface area contributed by atoms with Crippen molar-refractivity contribution in [3.05, 3.63) is 33.3 Å². The van der Waals surface area contributed by atoms with Crippen molar-refractivity contribution in [2.75, 3.05) is 13.1 Å². The van der Waals surface area contributed by atoms with Crippen LogP contribution in [0, 0.1) is 12.8 Å². The first-order valence-corrected chi connectivity index (χ1v) is 11.5. The smallest absolute Gasteiger partial charge is 0.270 e. The quantitative estimate of drug-likeness (QED) is 0.621. The fraction of sp³-hybridized carbons (Fsp3) is 0.565. The lowest BCUT2D eigenvalue weighted by Gasteiger charge is -2.30. The van der Waals surface area contributed by atoms with Crippen LogP contribution in [0.2, 0.25) is 0 Å². The van der Waals surface area contributed by atoms with Crippen molar-refractivity contribution >= 4 is 23.5 Å². The molecule has 0 bridgehead atoms. The molecule has 2 aromatic heterocycles. The van der Waals surface area contributed by atoms with E-state index >= 15 is 0 Å². The van der Waals surface area contributed by atoms with Gasteiger partial charge >= 0.3 is 0 Å². The molecule has 4 rings (SSSR count). The fourth-order valence-electron chi connectivity index (χ4n) is 4.10. The van der Waals surface area contributed by atoms with Gasteiger partial charge in [-0.3, -0.25) is 19.0 Å². The van der Waals surface area contributed by atoms with Crippen molar-refractivity contribution in [2.45, 2.75) is 65.0 Å². The number of halogens is 2. The Kier molecular flexibility index (Phi) is 6.22. The van der Waals surface area contributed by atoms with Gasteiger partial charge in [0.25, 0.3) is 17.4 Å². The summed E-state index contributed by atoms with van der Waals surface area (Å²) in [4.78, 5) is 40.0. The molecule has 34 heavy (non-hydrogen) atoms. The predicted octanol–water partition coefficient (Wildman–Crippen LogP) is 2.33. The van der Waals surface area contributed by atoms with Crippen LogP contribution in [-0.4, -0.2) is 61.1 Å². The summed E-state index contributed by atoms with van der Waals surface area (Å²) in [5, 5.41) is 17.9. The van der Waals surface area contributed by atoms with Crippen LogP contribution in [0.25, 0.3) is 11.7 Å². The molecule has 0 unspecified atom stereocenters. The monoisotopic (exact) mass is 477 g/mol. The third-order valence-corrected chi connectivity index (χ3v) is 6.11. The average molecular weight is 478 g/mol. The molecule has 1 aliphatic carbocycles. The summed E-state index contributed by atoms with van der Waals surface area (Å²) in [5.41, 5.74) is 0.101. The van der Waals surface area contributed by atoms with Crippen LogP contribution in [-0.2, 0) is 11.3 Å². The van der Waals surface area contributed by atoms with Gasteiger partial charge in [0.2, 0.25) is 11.8 Å². The molecule has 2 aromatic rings. The summed E-state index contributed by atoms with van der Waals surface area (Å²) in [5.74, 6) is -4.35. The van der Waals surface area contributed by atoms with Crippen LogP contribution < -0.4 is 10.9 Å². The van der Waals surface area contributed by atoms with Gasteiger partial charge in [0.1, 0.15) is 5.65 Å². The molecule has 9 nitrogen and oxygen atoms in total. The summed E-state index contributed by atoms with van der Waals surface area (Å²) < 4.78 is 29.4. The van der Waals surface area contributed by atoms with E-state index in [1.165, 1.54) is 21.6 Å². The fourth-order valence-corrected chi connectivity index (χ4v) is 4.10. The Labute approximate surface area is 195 Å².